The zero-order chi connectivity index (χ0) is 16.8. The fourth-order valence-corrected chi connectivity index (χ4v) is 1.97. The number of hydrogen-bond donors (Lipinski definition) is 2. The van der Waals surface area contributed by atoms with Gasteiger partial charge in [-0.2, -0.15) is 0 Å². The van der Waals surface area contributed by atoms with Crippen LogP contribution < -0.4 is 10.6 Å². The van der Waals surface area contributed by atoms with Crippen molar-refractivity contribution < 1.29 is 18.4 Å². The summed E-state index contributed by atoms with van der Waals surface area (Å²) in [7, 11) is 0. The van der Waals surface area contributed by atoms with Crippen molar-refractivity contribution >= 4 is 23.4 Å². The molecule has 2 N–H and O–H groups in total. The van der Waals surface area contributed by atoms with Crippen LogP contribution in [0.2, 0.25) is 5.15 Å². The lowest BCUT2D eigenvalue weighted by Crippen LogP contribution is -2.35. The molecule has 1 heterocycles. The van der Waals surface area contributed by atoms with E-state index in [1.165, 1.54) is 24.4 Å². The number of aromatic nitrogens is 1. The number of nitrogens with one attached hydrogen (secondary N) is 2. The first-order valence-corrected chi connectivity index (χ1v) is 6.99. The first kappa shape index (κ1) is 16.8. The molecule has 5 nitrogen and oxygen atoms in total. The predicted octanol–water partition coefficient (Wildman–Crippen LogP) is 2.17. The second-order valence-electron chi connectivity index (χ2n) is 4.48. The molecule has 0 radical (unpaired) electrons. The minimum atomic E-state index is -0.946. The van der Waals surface area contributed by atoms with E-state index in [0.29, 0.717) is 5.56 Å². The minimum absolute atomic E-state index is 0.0111. The Kier molecular flexibility index (Phi) is 5.59. The van der Waals surface area contributed by atoms with Crippen molar-refractivity contribution in [3.63, 3.8) is 0 Å². The normalized spacial score (nSPS) is 10.2. The highest BCUT2D eigenvalue weighted by Gasteiger charge is 2.16. The maximum atomic E-state index is 13.4. The van der Waals surface area contributed by atoms with Crippen molar-refractivity contribution in [1.82, 2.24) is 15.6 Å². The maximum Gasteiger partial charge on any atom is 0.257 e. The van der Waals surface area contributed by atoms with E-state index >= 15 is 0 Å². The van der Waals surface area contributed by atoms with Gasteiger partial charge in [-0.3, -0.25) is 9.59 Å². The Morgan fingerprint density at radius 2 is 1.65 bits per heavy atom. The molecule has 2 amide bonds. The Morgan fingerprint density at radius 3 is 2.26 bits per heavy atom. The highest BCUT2D eigenvalue weighted by molar-refractivity contribution is 6.29. The number of halogens is 3. The van der Waals surface area contributed by atoms with E-state index in [1.54, 1.807) is 0 Å². The van der Waals surface area contributed by atoms with Crippen LogP contribution in [-0.4, -0.2) is 29.9 Å². The van der Waals surface area contributed by atoms with E-state index in [0.717, 1.165) is 12.1 Å². The summed E-state index contributed by atoms with van der Waals surface area (Å²) in [5.41, 5.74) is -0.337. The van der Waals surface area contributed by atoms with Crippen LogP contribution in [-0.2, 0) is 0 Å². The van der Waals surface area contributed by atoms with Gasteiger partial charge in [0.25, 0.3) is 11.8 Å². The van der Waals surface area contributed by atoms with E-state index in [4.69, 9.17) is 11.6 Å². The number of nitrogens with zero attached hydrogens (tertiary/aromatic N) is 1. The lowest BCUT2D eigenvalue weighted by molar-refractivity contribution is 0.0922. The summed E-state index contributed by atoms with van der Waals surface area (Å²) in [4.78, 5) is 27.3. The molecule has 0 aliphatic rings. The first-order valence-electron chi connectivity index (χ1n) is 6.61. The summed E-state index contributed by atoms with van der Waals surface area (Å²) < 4.78 is 26.8. The van der Waals surface area contributed by atoms with Crippen LogP contribution in [0, 0.1) is 11.6 Å². The Labute approximate surface area is 135 Å². The van der Waals surface area contributed by atoms with Crippen molar-refractivity contribution in [2.24, 2.45) is 0 Å². The zero-order valence-electron chi connectivity index (χ0n) is 11.8. The lowest BCUT2D eigenvalue weighted by atomic mass is 10.2. The monoisotopic (exact) mass is 339 g/mol. The molecule has 0 aliphatic carbocycles. The van der Waals surface area contributed by atoms with Gasteiger partial charge in [0, 0.05) is 24.8 Å². The molecule has 0 spiro atoms. The van der Waals surface area contributed by atoms with Crippen molar-refractivity contribution in [3.05, 3.63) is 64.4 Å². The number of carbonyl (C=O) groups excluding carboxylic acids is 2. The van der Waals surface area contributed by atoms with Crippen molar-refractivity contribution in [2.45, 2.75) is 0 Å². The SMILES string of the molecule is O=C(NCCNC(=O)c1c(F)cccc1F)c1ccnc(Cl)c1. The summed E-state index contributed by atoms with van der Waals surface area (Å²) in [6.07, 6.45) is 1.39. The zero-order valence-corrected chi connectivity index (χ0v) is 12.5. The first-order chi connectivity index (χ1) is 11.0. The molecule has 0 atom stereocenters. The molecule has 23 heavy (non-hydrogen) atoms. The van der Waals surface area contributed by atoms with E-state index < -0.39 is 29.0 Å². The Morgan fingerprint density at radius 1 is 1.04 bits per heavy atom. The molecule has 0 unspecified atom stereocenters. The fraction of sp³-hybridized carbons (Fsp3) is 0.133. The Hall–Kier alpha value is -2.54. The average molecular weight is 340 g/mol. The predicted molar refractivity (Wildman–Crippen MR) is 80.3 cm³/mol. The van der Waals surface area contributed by atoms with Gasteiger partial charge in [0.15, 0.2) is 0 Å². The van der Waals surface area contributed by atoms with Gasteiger partial charge < -0.3 is 10.6 Å². The van der Waals surface area contributed by atoms with Crippen molar-refractivity contribution in [2.75, 3.05) is 13.1 Å². The van der Waals surface area contributed by atoms with Crippen LogP contribution in [0.25, 0.3) is 0 Å². The summed E-state index contributed by atoms with van der Waals surface area (Å²) in [6, 6.07) is 6.03. The van der Waals surface area contributed by atoms with E-state index in [1.807, 2.05) is 0 Å². The van der Waals surface area contributed by atoms with Crippen LogP contribution in [0.4, 0.5) is 8.78 Å². The van der Waals surface area contributed by atoms with E-state index in [-0.39, 0.29) is 18.2 Å². The Balaban J connectivity index is 1.83. The third-order valence-electron chi connectivity index (χ3n) is 2.87. The molecule has 0 aliphatic heterocycles. The number of pyridine rings is 1. The molecule has 1 aromatic carbocycles. The average Bonchev–Trinajstić information content (AvgIpc) is 2.51. The number of rotatable bonds is 5. The van der Waals surface area contributed by atoms with Gasteiger partial charge in [0.2, 0.25) is 0 Å². The highest BCUT2D eigenvalue weighted by Crippen LogP contribution is 2.11. The van der Waals surface area contributed by atoms with Crippen LogP contribution in [0.15, 0.2) is 36.5 Å². The van der Waals surface area contributed by atoms with Gasteiger partial charge in [-0.25, -0.2) is 13.8 Å². The molecule has 120 valence electrons. The summed E-state index contributed by atoms with van der Waals surface area (Å²) in [5.74, 6) is -3.18. The van der Waals surface area contributed by atoms with E-state index in [2.05, 4.69) is 15.6 Å². The largest absolute Gasteiger partial charge is 0.350 e. The second kappa shape index (κ2) is 7.64. The molecule has 8 heteroatoms. The van der Waals surface area contributed by atoms with Gasteiger partial charge in [0.05, 0.1) is 0 Å². The van der Waals surface area contributed by atoms with Crippen LogP contribution >= 0.6 is 11.6 Å². The van der Waals surface area contributed by atoms with Crippen molar-refractivity contribution in [1.29, 1.82) is 0 Å². The molecule has 0 fully saturated rings. The molecule has 0 saturated heterocycles. The summed E-state index contributed by atoms with van der Waals surface area (Å²) in [5, 5.41) is 5.04. The van der Waals surface area contributed by atoms with Gasteiger partial charge >= 0.3 is 0 Å². The van der Waals surface area contributed by atoms with Gasteiger partial charge in [-0.1, -0.05) is 17.7 Å². The minimum Gasteiger partial charge on any atom is -0.350 e. The summed E-state index contributed by atoms with van der Waals surface area (Å²) >= 11 is 5.67. The lowest BCUT2D eigenvalue weighted by Gasteiger charge is -2.08. The smallest absolute Gasteiger partial charge is 0.257 e. The fourth-order valence-electron chi connectivity index (χ4n) is 1.80. The van der Waals surface area contributed by atoms with Gasteiger partial charge in [0.1, 0.15) is 22.4 Å². The molecular weight excluding hydrogens is 328 g/mol. The van der Waals surface area contributed by atoms with Gasteiger partial charge in [-0.15, -0.1) is 0 Å². The van der Waals surface area contributed by atoms with Gasteiger partial charge in [-0.05, 0) is 24.3 Å². The number of amides is 2. The topological polar surface area (TPSA) is 71.1 Å². The quantitative estimate of drug-likeness (QED) is 0.648. The number of hydrogen-bond acceptors (Lipinski definition) is 3. The third-order valence-corrected chi connectivity index (χ3v) is 3.08. The Bertz CT molecular complexity index is 720. The molecule has 2 rings (SSSR count). The molecule has 0 saturated carbocycles. The number of benzene rings is 1. The van der Waals surface area contributed by atoms with Crippen molar-refractivity contribution in [3.8, 4) is 0 Å². The standard InChI is InChI=1S/C15H12ClF2N3O2/c16-12-8-9(4-5-19-12)14(22)20-6-7-21-15(23)13-10(17)2-1-3-11(13)18/h1-5,8H,6-7H2,(H,20,22)(H,21,23). The maximum absolute atomic E-state index is 13.4. The van der Waals surface area contributed by atoms with Crippen LogP contribution in [0.3, 0.4) is 0 Å². The summed E-state index contributed by atoms with van der Waals surface area (Å²) in [6.45, 7) is 0.0950. The van der Waals surface area contributed by atoms with E-state index in [9.17, 15) is 18.4 Å². The van der Waals surface area contributed by atoms with Crippen LogP contribution in [0.5, 0.6) is 0 Å². The molecule has 2 aromatic rings. The highest BCUT2D eigenvalue weighted by atomic mass is 35.5. The molecular formula is C15H12ClF2N3O2. The molecule has 1 aromatic heterocycles. The second-order valence-corrected chi connectivity index (χ2v) is 4.86. The molecule has 0 bridgehead atoms. The number of carbonyl (C=O) groups is 2. The van der Waals surface area contributed by atoms with Crippen LogP contribution in [0.1, 0.15) is 20.7 Å². The third kappa shape index (κ3) is 4.46.